The van der Waals surface area contributed by atoms with Crippen LogP contribution in [0.5, 0.6) is 5.75 Å². The van der Waals surface area contributed by atoms with Gasteiger partial charge < -0.3 is 15.4 Å². The minimum absolute atomic E-state index is 0. The first-order chi connectivity index (χ1) is 13.4. The monoisotopic (exact) mass is 531 g/mol. The highest BCUT2D eigenvalue weighted by Gasteiger charge is 2.05. The molecule has 0 aliphatic carbocycles. The van der Waals surface area contributed by atoms with Gasteiger partial charge in [0.25, 0.3) is 0 Å². The van der Waals surface area contributed by atoms with Crippen LogP contribution in [0.15, 0.2) is 53.5 Å². The molecule has 2 aromatic carbocycles. The number of aliphatic imine (C=N–C) groups is 1. The molecule has 29 heavy (non-hydrogen) atoms. The summed E-state index contributed by atoms with van der Waals surface area (Å²) in [6.07, 6.45) is 2.07. The number of rotatable bonds is 9. The van der Waals surface area contributed by atoms with E-state index in [0.717, 1.165) is 47.9 Å². The first-order valence-electron chi connectivity index (χ1n) is 9.31. The molecule has 0 heterocycles. The van der Waals surface area contributed by atoms with Crippen LogP contribution in [0.4, 0.5) is 0 Å². The van der Waals surface area contributed by atoms with Gasteiger partial charge in [-0.25, -0.2) is 13.4 Å². The fourth-order valence-electron chi connectivity index (χ4n) is 2.78. The van der Waals surface area contributed by atoms with Gasteiger partial charge in [0.15, 0.2) is 15.8 Å². The molecule has 0 atom stereocenters. The summed E-state index contributed by atoms with van der Waals surface area (Å²) in [6.45, 7) is 4.05. The highest BCUT2D eigenvalue weighted by molar-refractivity contribution is 14.0. The highest BCUT2D eigenvalue weighted by Crippen LogP contribution is 2.17. The summed E-state index contributed by atoms with van der Waals surface area (Å²) in [6, 6.07) is 15.5. The summed E-state index contributed by atoms with van der Waals surface area (Å²) in [5.41, 5.74) is 2.96. The van der Waals surface area contributed by atoms with Gasteiger partial charge in [0.05, 0.1) is 19.4 Å². The van der Waals surface area contributed by atoms with Crippen molar-refractivity contribution in [2.75, 3.05) is 26.5 Å². The van der Waals surface area contributed by atoms with E-state index in [-0.39, 0.29) is 29.7 Å². The van der Waals surface area contributed by atoms with Crippen LogP contribution in [0.1, 0.15) is 23.6 Å². The molecule has 6 nitrogen and oxygen atoms in total. The van der Waals surface area contributed by atoms with Crippen molar-refractivity contribution in [1.29, 1.82) is 0 Å². The number of ether oxygens (including phenoxy) is 1. The van der Waals surface area contributed by atoms with Crippen LogP contribution in [0.3, 0.4) is 0 Å². The van der Waals surface area contributed by atoms with Crippen molar-refractivity contribution in [2.45, 2.75) is 25.6 Å². The zero-order chi connectivity index (χ0) is 20.4. The average molecular weight is 531 g/mol. The van der Waals surface area contributed by atoms with E-state index in [2.05, 4.69) is 21.7 Å². The molecule has 2 aromatic rings. The number of hydrogen-bond acceptors (Lipinski definition) is 4. The molecule has 0 saturated carbocycles. The van der Waals surface area contributed by atoms with E-state index in [9.17, 15) is 8.42 Å². The fourth-order valence-corrected chi connectivity index (χ4v) is 3.58. The lowest BCUT2D eigenvalue weighted by Gasteiger charge is -2.13. The smallest absolute Gasteiger partial charge is 0.191 e. The normalized spacial score (nSPS) is 11.5. The first kappa shape index (κ1) is 25.2. The summed E-state index contributed by atoms with van der Waals surface area (Å²) in [7, 11) is -1.34. The van der Waals surface area contributed by atoms with E-state index in [1.165, 1.54) is 6.26 Å². The highest BCUT2D eigenvalue weighted by atomic mass is 127. The third kappa shape index (κ3) is 9.49. The van der Waals surface area contributed by atoms with E-state index < -0.39 is 9.84 Å². The van der Waals surface area contributed by atoms with Gasteiger partial charge in [-0.1, -0.05) is 42.5 Å². The van der Waals surface area contributed by atoms with Crippen LogP contribution in [-0.2, 0) is 28.6 Å². The SMILES string of the molecule is CCNC(=NCc1ccc(CS(C)(=O)=O)cc1)NCCc1ccccc1OC.I. The van der Waals surface area contributed by atoms with Crippen molar-refractivity contribution in [3.05, 3.63) is 65.2 Å². The van der Waals surface area contributed by atoms with Crippen molar-refractivity contribution in [3.8, 4) is 5.75 Å². The van der Waals surface area contributed by atoms with E-state index in [0.29, 0.717) is 6.54 Å². The summed E-state index contributed by atoms with van der Waals surface area (Å²) in [4.78, 5) is 4.61. The molecule has 2 rings (SSSR count). The molecule has 0 spiro atoms. The molecular weight excluding hydrogens is 501 g/mol. The van der Waals surface area contributed by atoms with Gasteiger partial charge in [0.2, 0.25) is 0 Å². The number of nitrogens with zero attached hydrogens (tertiary/aromatic N) is 1. The largest absolute Gasteiger partial charge is 0.496 e. The Bertz CT molecular complexity index is 884. The summed E-state index contributed by atoms with van der Waals surface area (Å²) >= 11 is 0. The van der Waals surface area contributed by atoms with Crippen molar-refractivity contribution in [2.24, 2.45) is 4.99 Å². The van der Waals surface area contributed by atoms with Crippen LogP contribution in [0, 0.1) is 0 Å². The van der Waals surface area contributed by atoms with Crippen LogP contribution in [0.2, 0.25) is 0 Å². The quantitative estimate of drug-likeness (QED) is 0.295. The molecule has 2 N–H and O–H groups in total. The number of guanidine groups is 1. The fraction of sp³-hybridized carbons (Fsp3) is 0.381. The number of para-hydroxylation sites is 1. The van der Waals surface area contributed by atoms with Crippen LogP contribution in [-0.4, -0.2) is 40.8 Å². The summed E-state index contributed by atoms with van der Waals surface area (Å²) in [5, 5.41) is 6.58. The lowest BCUT2D eigenvalue weighted by atomic mass is 10.1. The van der Waals surface area contributed by atoms with Gasteiger partial charge in [-0.15, -0.1) is 24.0 Å². The zero-order valence-corrected chi connectivity index (χ0v) is 20.3. The maximum Gasteiger partial charge on any atom is 0.191 e. The predicted octanol–water partition coefficient (Wildman–Crippen LogP) is 3.16. The molecule has 0 aliphatic heterocycles. The second kappa shape index (κ2) is 12.7. The van der Waals surface area contributed by atoms with E-state index >= 15 is 0 Å². The molecular formula is C21H30IN3O3S. The number of benzene rings is 2. The molecule has 0 radical (unpaired) electrons. The van der Waals surface area contributed by atoms with Crippen LogP contribution >= 0.6 is 24.0 Å². The van der Waals surface area contributed by atoms with Gasteiger partial charge in [0, 0.05) is 19.3 Å². The standard InChI is InChI=1S/C21H29N3O3S.HI/c1-4-22-21(23-14-13-19-7-5-6-8-20(19)27-2)24-15-17-9-11-18(12-10-17)16-28(3,25)26;/h5-12H,4,13-16H2,1-3H3,(H2,22,23,24);1H. The second-order valence-electron chi connectivity index (χ2n) is 6.57. The van der Waals surface area contributed by atoms with Gasteiger partial charge >= 0.3 is 0 Å². The third-order valence-corrected chi connectivity index (χ3v) is 4.95. The lowest BCUT2D eigenvalue weighted by molar-refractivity contribution is 0.409. The van der Waals surface area contributed by atoms with Gasteiger partial charge in [-0.3, -0.25) is 0 Å². The minimum Gasteiger partial charge on any atom is -0.496 e. The van der Waals surface area contributed by atoms with E-state index in [4.69, 9.17) is 4.74 Å². The third-order valence-electron chi connectivity index (χ3n) is 4.10. The molecule has 160 valence electrons. The molecule has 8 heteroatoms. The number of hydrogen-bond donors (Lipinski definition) is 2. The Morgan fingerprint density at radius 1 is 1.03 bits per heavy atom. The Kier molecular flexibility index (Phi) is 11.0. The zero-order valence-electron chi connectivity index (χ0n) is 17.1. The molecule has 0 unspecified atom stereocenters. The maximum atomic E-state index is 11.4. The number of methoxy groups -OCH3 is 1. The molecule has 0 bridgehead atoms. The number of sulfone groups is 1. The van der Waals surface area contributed by atoms with Crippen LogP contribution in [0.25, 0.3) is 0 Å². The Labute approximate surface area is 191 Å². The summed E-state index contributed by atoms with van der Waals surface area (Å²) in [5.74, 6) is 1.70. The van der Waals surface area contributed by atoms with Crippen molar-refractivity contribution < 1.29 is 13.2 Å². The van der Waals surface area contributed by atoms with Crippen LogP contribution < -0.4 is 15.4 Å². The first-order valence-corrected chi connectivity index (χ1v) is 11.4. The van der Waals surface area contributed by atoms with Gasteiger partial charge in [-0.05, 0) is 36.1 Å². The molecule has 0 saturated heterocycles. The molecule has 0 aromatic heterocycles. The molecule has 0 aliphatic rings. The van der Waals surface area contributed by atoms with Crippen molar-refractivity contribution in [3.63, 3.8) is 0 Å². The van der Waals surface area contributed by atoms with E-state index in [1.807, 2.05) is 49.4 Å². The Balaban J connectivity index is 0.00000420. The second-order valence-corrected chi connectivity index (χ2v) is 8.71. The van der Waals surface area contributed by atoms with Crippen molar-refractivity contribution >= 4 is 39.8 Å². The topological polar surface area (TPSA) is 79.8 Å². The average Bonchev–Trinajstić information content (AvgIpc) is 2.66. The van der Waals surface area contributed by atoms with Crippen molar-refractivity contribution in [1.82, 2.24) is 10.6 Å². The maximum absolute atomic E-state index is 11.4. The predicted molar refractivity (Wildman–Crippen MR) is 130 cm³/mol. The van der Waals surface area contributed by atoms with Gasteiger partial charge in [-0.2, -0.15) is 0 Å². The van der Waals surface area contributed by atoms with Gasteiger partial charge in [0.1, 0.15) is 5.75 Å². The number of nitrogens with one attached hydrogen (secondary N) is 2. The molecule has 0 fully saturated rings. The Hall–Kier alpha value is -1.81. The number of halogens is 1. The summed E-state index contributed by atoms with van der Waals surface area (Å²) < 4.78 is 28.1. The lowest BCUT2D eigenvalue weighted by Crippen LogP contribution is -2.38. The van der Waals surface area contributed by atoms with E-state index in [1.54, 1.807) is 7.11 Å². The Morgan fingerprint density at radius 3 is 2.31 bits per heavy atom. The molecule has 0 amide bonds. The minimum atomic E-state index is -3.02. The Morgan fingerprint density at radius 2 is 1.69 bits per heavy atom.